The first-order valence-electron chi connectivity index (χ1n) is 13.5. The van der Waals surface area contributed by atoms with Crippen LogP contribution in [0.3, 0.4) is 0 Å². The van der Waals surface area contributed by atoms with Crippen molar-refractivity contribution >= 4 is 75.4 Å². The summed E-state index contributed by atoms with van der Waals surface area (Å²) in [5, 5.41) is 53.3. The molecule has 0 amide bonds. The zero-order valence-electron chi connectivity index (χ0n) is 33.3. The van der Waals surface area contributed by atoms with Gasteiger partial charge in [0.25, 0.3) is 0 Å². The summed E-state index contributed by atoms with van der Waals surface area (Å²) in [7, 11) is -39.3. The van der Waals surface area contributed by atoms with Crippen LogP contribution in [0, 0.1) is 0 Å². The molecule has 0 aliphatic rings. The molecule has 0 aliphatic carbocycles. The van der Waals surface area contributed by atoms with Crippen LogP contribution >= 0.6 is 45.6 Å². The second-order valence-corrected chi connectivity index (χ2v) is 21.8. The molecule has 0 atom stereocenters. The first-order chi connectivity index (χ1) is 24.2. The van der Waals surface area contributed by atoms with Crippen LogP contribution in [-0.4, -0.2) is 184 Å². The van der Waals surface area contributed by atoms with Crippen LogP contribution in [0.25, 0.3) is 0 Å². The predicted molar refractivity (Wildman–Crippen MR) is 160 cm³/mol. The van der Waals surface area contributed by atoms with Crippen molar-refractivity contribution in [2.24, 2.45) is 0 Å². The third-order valence-corrected chi connectivity index (χ3v) is 16.5. The third kappa shape index (κ3) is 41.4. The molecule has 0 radical (unpaired) electrons. The van der Waals surface area contributed by atoms with E-state index in [1.54, 1.807) is 0 Å². The van der Waals surface area contributed by atoms with Gasteiger partial charge in [-0.05, 0) is 0 Å². The molecule has 0 bridgehead atoms. The minimum absolute atomic E-state index is 0. The van der Waals surface area contributed by atoms with Crippen molar-refractivity contribution in [2.75, 3.05) is 58.9 Å². The van der Waals surface area contributed by atoms with Gasteiger partial charge in [0, 0.05) is 58.9 Å². The molecule has 0 unspecified atom stereocenters. The standard InChI is InChI=1S/C14H23N3O10.C3H15NO18P6.ClH.6K/c18-10(19)5-15(1-3-16(6-11(20)21)7-12(22)23)2-4-17(8-13(24)25)9-14(26)27;5-23(6,7)1(24(8,9)10)4(2(25(11,12)13)26(14,15)16)3(27(17,18)19)28(20,21)22;;;;;;;/h1-9H2,(H,18,19)(H,20,21)(H,22,23)(H,24,25)(H,26,27);1-3H,(H2,5,6,7)(H2,8,9,10)(H2,11,12,13)(H2,14,15,16)(H2,17,18,19)(H2,20,21,22);1H;;;;;;/q;;;6*+1/p-6. The number of nitrogens with zero attached hydrogens (tertiary/aromatic N) is 4. The van der Waals surface area contributed by atoms with E-state index in [-0.39, 0.29) is 347 Å². The summed E-state index contributed by atoms with van der Waals surface area (Å²) < 4.78 is 68.9. The van der Waals surface area contributed by atoms with Crippen LogP contribution in [0.15, 0.2) is 0 Å². The second kappa shape index (κ2) is 40.5. The van der Waals surface area contributed by atoms with E-state index in [1.807, 2.05) is 0 Å². The van der Waals surface area contributed by atoms with E-state index in [4.69, 9.17) is 58.7 Å². The first kappa shape index (κ1) is 89.8. The average molecular weight is 1200 g/mol. The summed E-state index contributed by atoms with van der Waals surface area (Å²) in [6, 6.07) is 0. The van der Waals surface area contributed by atoms with Gasteiger partial charge in [-0.3, -0.25) is 42.1 Å². The van der Waals surface area contributed by atoms with Crippen molar-refractivity contribution < 1.29 is 456 Å². The van der Waals surface area contributed by atoms with Gasteiger partial charge in [0.2, 0.25) is 16.6 Å². The summed E-state index contributed by atoms with van der Waals surface area (Å²) in [5.74, 6) is -7.67. The largest absolute Gasteiger partial charge is 1.00 e. The Kier molecular flexibility index (Phi) is 58.6. The van der Waals surface area contributed by atoms with Crippen molar-refractivity contribution in [3.05, 3.63) is 0 Å². The topological polar surface area (TPSA) is 559 Å². The van der Waals surface area contributed by atoms with Gasteiger partial charge >= 0.3 is 354 Å². The van der Waals surface area contributed by atoms with E-state index in [2.05, 4.69) is 0 Å². The van der Waals surface area contributed by atoms with Crippen molar-refractivity contribution in [2.45, 2.75) is 16.6 Å². The van der Waals surface area contributed by atoms with Crippen LogP contribution in [0.1, 0.15) is 0 Å². The van der Waals surface area contributed by atoms with Crippen LogP contribution in [-0.2, 0) is 51.4 Å². The zero-order valence-corrected chi connectivity index (χ0v) is 58.2. The Morgan fingerprint density at radius 3 is 0.597 bits per heavy atom. The molecule has 0 aromatic rings. The smallest absolute Gasteiger partial charge is 1.00 e. The van der Waals surface area contributed by atoms with Gasteiger partial charge in [-0.25, -0.2) is 4.90 Å². The number of carboxylic acids is 5. The number of aliphatic carboxylic acids is 5. The van der Waals surface area contributed by atoms with E-state index in [9.17, 15) is 76.9 Å². The van der Waals surface area contributed by atoms with E-state index < -0.39 is 130 Å². The minimum atomic E-state index is -6.55. The number of carbonyl (C=O) groups excluding carboxylic acids is 5. The Labute approximate surface area is 611 Å². The van der Waals surface area contributed by atoms with Crippen LogP contribution < -0.4 is 346 Å². The van der Waals surface area contributed by atoms with Gasteiger partial charge in [-0.2, -0.15) is 0 Å². The molecule has 0 rings (SSSR count). The monoisotopic (exact) mass is 1200 g/mol. The van der Waals surface area contributed by atoms with Crippen molar-refractivity contribution in [1.82, 2.24) is 19.6 Å². The Bertz CT molecular complexity index is 1440. The average Bonchev–Trinajstić information content (AvgIpc) is 2.83. The van der Waals surface area contributed by atoms with E-state index in [0.29, 0.717) is 0 Å². The maximum absolute atomic E-state index is 11.5. The summed E-state index contributed by atoms with van der Waals surface area (Å²) in [5.41, 5.74) is -12.5. The number of carboxylic acid groups (broad SMARTS) is 5. The zero-order chi connectivity index (χ0) is 44.3. The molecule has 62 heavy (non-hydrogen) atoms. The van der Waals surface area contributed by atoms with Gasteiger partial charge < -0.3 is 121 Å². The van der Waals surface area contributed by atoms with Crippen LogP contribution in [0.5, 0.6) is 0 Å². The van der Waals surface area contributed by atoms with Crippen LogP contribution in [0.2, 0.25) is 0 Å². The van der Waals surface area contributed by atoms with E-state index in [1.165, 1.54) is 4.90 Å². The Morgan fingerprint density at radius 2 is 0.468 bits per heavy atom. The molecule has 45 heteroatoms. The third-order valence-electron chi connectivity index (χ3n) is 5.83. The molecule has 0 spiro atoms. The molecule has 0 aromatic carbocycles. The maximum atomic E-state index is 11.5. The molecule has 0 saturated carbocycles. The number of hydrogen-bond donors (Lipinski definition) is 12. The predicted octanol–water partition coefficient (Wildman–Crippen LogP) is -33.1. The second-order valence-electron chi connectivity index (χ2n) is 10.6. The van der Waals surface area contributed by atoms with Gasteiger partial charge in [0.1, 0.15) is 0 Å². The minimum Gasteiger partial charge on any atom is -1.00 e. The van der Waals surface area contributed by atoms with Gasteiger partial charge in [-0.1, -0.05) is 0 Å². The molecule has 0 heterocycles. The summed E-state index contributed by atoms with van der Waals surface area (Å²) in [6.45, 7) is -4.16. The Hall–Kier alpha value is 8.20. The van der Waals surface area contributed by atoms with Crippen molar-refractivity contribution in [3.8, 4) is 0 Å². The molecule has 12 N–H and O–H groups in total. The quantitative estimate of drug-likeness (QED) is 0.0298. The molecular weight excluding hydrogens is 1160 g/mol. The number of rotatable bonds is 25. The fourth-order valence-electron chi connectivity index (χ4n) is 4.16. The molecule has 0 saturated heterocycles. The van der Waals surface area contributed by atoms with Crippen LogP contribution in [0.4, 0.5) is 0 Å². The SMILES string of the molecule is O=C([O-])CN(CCN(CC(=O)[O-])CC(=O)[O-])CCN(CC(=O)[O-])CC(=O)[O-].O=P(O)(O)C(N(C(P(=O)(O)O)P(=O)(O)O)C(P(=O)(O)O)P(=O)(O)O)P(=O)(O)O.[Cl-].[K+].[K+].[K+].[K+].[K+].[K+]. The normalized spacial score (nSPS) is 12.0. The maximum Gasteiger partial charge on any atom is 1.00 e. The number of halogens is 1. The molecule has 0 aromatic heterocycles. The fraction of sp³-hybridized carbons (Fsp3) is 0.706. The van der Waals surface area contributed by atoms with Gasteiger partial charge in [-0.15, -0.1) is 0 Å². The molecule has 332 valence electrons. The Morgan fingerprint density at radius 1 is 0.339 bits per heavy atom. The number of hydrogen-bond acceptors (Lipinski definition) is 20. The first-order valence-corrected chi connectivity index (χ1v) is 23.6. The fourth-order valence-corrected chi connectivity index (χ4v) is 13.8. The van der Waals surface area contributed by atoms with Gasteiger partial charge in [0.15, 0.2) is 0 Å². The summed E-state index contributed by atoms with van der Waals surface area (Å²) in [4.78, 5) is 164. The van der Waals surface area contributed by atoms with Crippen molar-refractivity contribution in [1.29, 1.82) is 0 Å². The molecule has 0 fully saturated rings. The van der Waals surface area contributed by atoms with Crippen molar-refractivity contribution in [3.63, 3.8) is 0 Å². The number of carbonyl (C=O) groups is 5. The summed E-state index contributed by atoms with van der Waals surface area (Å²) in [6.07, 6.45) is 0. The van der Waals surface area contributed by atoms with E-state index >= 15 is 0 Å². The van der Waals surface area contributed by atoms with E-state index in [0.717, 1.165) is 9.80 Å². The molecule has 32 nitrogen and oxygen atoms in total. The van der Waals surface area contributed by atoms with Gasteiger partial charge in [0.05, 0.1) is 29.8 Å². The Balaban J connectivity index is -0.000000116. The summed E-state index contributed by atoms with van der Waals surface area (Å²) >= 11 is 0. The molecular formula is C17H33ClK6N4O28P6. The molecule has 0 aliphatic heterocycles.